The van der Waals surface area contributed by atoms with Crippen molar-refractivity contribution in [3.63, 3.8) is 0 Å². The lowest BCUT2D eigenvalue weighted by molar-refractivity contribution is 0.0759. The lowest BCUT2D eigenvalue weighted by Crippen LogP contribution is -2.00. The van der Waals surface area contributed by atoms with Gasteiger partial charge >= 0.3 is 0 Å². The summed E-state index contributed by atoms with van der Waals surface area (Å²) in [7, 11) is -2.52. The largest absolute Gasteiger partial charge is 0.364 e. The maximum absolute atomic E-state index is 12.1. The molecular weight excluding hydrogens is 209 g/mol. The van der Waals surface area contributed by atoms with E-state index in [1.807, 2.05) is 0 Å². The van der Waals surface area contributed by atoms with E-state index in [4.69, 9.17) is 5.11 Å². The van der Waals surface area contributed by atoms with Crippen LogP contribution in [0, 0.1) is 6.42 Å². The predicted molar refractivity (Wildman–Crippen MR) is 48.8 cm³/mol. The first kappa shape index (κ1) is 11.1. The summed E-state index contributed by atoms with van der Waals surface area (Å²) in [5.74, 6) is -0.133. The van der Waals surface area contributed by atoms with Crippen LogP contribution in [-0.4, -0.2) is 24.9 Å². The van der Waals surface area contributed by atoms with Gasteiger partial charge in [0.1, 0.15) is 10.7 Å². The van der Waals surface area contributed by atoms with Gasteiger partial charge in [-0.2, -0.15) is 0 Å². The summed E-state index contributed by atoms with van der Waals surface area (Å²) in [4.78, 5) is 3.71. The molecule has 4 nitrogen and oxygen atoms in total. The van der Waals surface area contributed by atoms with E-state index in [1.165, 1.54) is 18.5 Å². The van der Waals surface area contributed by atoms with Crippen molar-refractivity contribution in [2.24, 2.45) is 0 Å². The standard InChI is InChI=1S/C8H9FNO3S/c9-8(11)2-6-1-7(4-10-3-6)5-14(12)13/h1-4,8,11,14H,5H2. The van der Waals surface area contributed by atoms with Crippen LogP contribution in [0.1, 0.15) is 11.1 Å². The number of aliphatic hydroxyl groups is 1. The number of aromatic nitrogens is 1. The second kappa shape index (κ2) is 5.02. The minimum Gasteiger partial charge on any atom is -0.364 e. The zero-order valence-electron chi connectivity index (χ0n) is 7.13. The van der Waals surface area contributed by atoms with Gasteiger partial charge in [-0.25, -0.2) is 12.8 Å². The van der Waals surface area contributed by atoms with Crippen molar-refractivity contribution in [2.45, 2.75) is 12.1 Å². The number of halogens is 1. The molecule has 1 radical (unpaired) electrons. The Bertz CT molecular complexity index is 371. The Kier molecular flexibility index (Phi) is 3.97. The van der Waals surface area contributed by atoms with Gasteiger partial charge in [-0.3, -0.25) is 4.98 Å². The molecule has 1 atom stereocenters. The van der Waals surface area contributed by atoms with Crippen LogP contribution in [0.25, 0.3) is 0 Å². The van der Waals surface area contributed by atoms with Crippen LogP contribution in [0.5, 0.6) is 0 Å². The van der Waals surface area contributed by atoms with E-state index in [9.17, 15) is 12.8 Å². The molecule has 0 aliphatic rings. The van der Waals surface area contributed by atoms with Gasteiger partial charge in [0.25, 0.3) is 0 Å². The minimum absolute atomic E-state index is 0.133. The minimum atomic E-state index is -2.52. The van der Waals surface area contributed by atoms with Crippen molar-refractivity contribution in [2.75, 3.05) is 0 Å². The van der Waals surface area contributed by atoms with Crippen LogP contribution < -0.4 is 0 Å². The number of alkyl halides is 1. The van der Waals surface area contributed by atoms with Gasteiger partial charge in [0, 0.05) is 12.4 Å². The second-order valence-corrected chi connectivity index (χ2v) is 3.64. The van der Waals surface area contributed by atoms with Gasteiger partial charge in [0.05, 0.1) is 12.2 Å². The van der Waals surface area contributed by atoms with Gasteiger partial charge in [0.2, 0.25) is 6.36 Å². The first-order valence-electron chi connectivity index (χ1n) is 3.80. The fraction of sp³-hybridized carbons (Fsp3) is 0.250. The molecule has 14 heavy (non-hydrogen) atoms. The molecule has 1 aromatic rings. The highest BCUT2D eigenvalue weighted by Gasteiger charge is 2.04. The molecule has 1 heterocycles. The molecule has 1 N–H and O–H groups in total. The summed E-state index contributed by atoms with van der Waals surface area (Å²) in [5, 5.41) is 8.41. The van der Waals surface area contributed by atoms with Crippen LogP contribution in [0.15, 0.2) is 18.5 Å². The van der Waals surface area contributed by atoms with Crippen molar-refractivity contribution in [3.8, 4) is 0 Å². The number of hydrogen-bond donors (Lipinski definition) is 2. The van der Waals surface area contributed by atoms with Gasteiger partial charge in [-0.15, -0.1) is 0 Å². The molecule has 0 aromatic carbocycles. The molecule has 0 amide bonds. The average Bonchev–Trinajstić information content (AvgIpc) is 2.01. The second-order valence-electron chi connectivity index (χ2n) is 2.66. The van der Waals surface area contributed by atoms with Crippen molar-refractivity contribution in [1.29, 1.82) is 0 Å². The zero-order chi connectivity index (χ0) is 10.6. The average molecular weight is 218 g/mol. The van der Waals surface area contributed by atoms with Crippen LogP contribution in [0.4, 0.5) is 4.39 Å². The van der Waals surface area contributed by atoms with Gasteiger partial charge < -0.3 is 5.11 Å². The summed E-state index contributed by atoms with van der Waals surface area (Å²) < 4.78 is 32.9. The van der Waals surface area contributed by atoms with E-state index < -0.39 is 17.1 Å². The molecule has 0 saturated carbocycles. The molecular formula is C8H9FNO3S. The fourth-order valence-electron chi connectivity index (χ4n) is 0.993. The van der Waals surface area contributed by atoms with Crippen molar-refractivity contribution in [3.05, 3.63) is 36.0 Å². The molecule has 0 bridgehead atoms. The number of pyridine rings is 1. The Morgan fingerprint density at radius 2 is 2.29 bits per heavy atom. The van der Waals surface area contributed by atoms with E-state index in [1.54, 1.807) is 0 Å². The quantitative estimate of drug-likeness (QED) is 0.700. The molecule has 0 aliphatic carbocycles. The monoisotopic (exact) mass is 218 g/mol. The van der Waals surface area contributed by atoms with Crippen molar-refractivity contribution in [1.82, 2.24) is 4.98 Å². The first-order chi connectivity index (χ1) is 6.58. The normalized spacial score (nSPS) is 13.1. The van der Waals surface area contributed by atoms with E-state index in [-0.39, 0.29) is 5.75 Å². The maximum atomic E-state index is 12.1. The molecule has 0 aliphatic heterocycles. The first-order valence-corrected chi connectivity index (χ1v) is 5.17. The Balaban J connectivity index is 2.78. The van der Waals surface area contributed by atoms with Crippen LogP contribution in [-0.2, 0) is 16.5 Å². The van der Waals surface area contributed by atoms with Gasteiger partial charge in [0.15, 0.2) is 0 Å². The van der Waals surface area contributed by atoms with Crippen LogP contribution in [0.3, 0.4) is 0 Å². The number of hydrogen-bond acceptors (Lipinski definition) is 4. The van der Waals surface area contributed by atoms with Gasteiger partial charge in [-0.05, 0) is 11.1 Å². The third kappa shape index (κ3) is 3.80. The third-order valence-corrected chi connectivity index (χ3v) is 2.08. The highest BCUT2D eigenvalue weighted by Crippen LogP contribution is 2.08. The molecule has 1 rings (SSSR count). The van der Waals surface area contributed by atoms with Crippen LogP contribution in [0.2, 0.25) is 0 Å². The molecule has 77 valence electrons. The summed E-state index contributed by atoms with van der Waals surface area (Å²) in [6.45, 7) is 0. The van der Waals surface area contributed by atoms with E-state index in [0.717, 1.165) is 6.42 Å². The summed E-state index contributed by atoms with van der Waals surface area (Å²) in [6, 6.07) is 1.46. The molecule has 0 fully saturated rings. The SMILES string of the molecule is O=[SH](=O)Cc1cncc([CH]C(O)F)c1. The lowest BCUT2D eigenvalue weighted by Gasteiger charge is -2.01. The Hall–Kier alpha value is -1.01. The summed E-state index contributed by atoms with van der Waals surface area (Å²) in [5.41, 5.74) is 0.824. The number of rotatable bonds is 4. The van der Waals surface area contributed by atoms with E-state index >= 15 is 0 Å². The molecule has 0 saturated heterocycles. The molecule has 1 aromatic heterocycles. The van der Waals surface area contributed by atoms with Crippen molar-refractivity contribution < 1.29 is 17.9 Å². The zero-order valence-corrected chi connectivity index (χ0v) is 8.02. The van der Waals surface area contributed by atoms with Crippen LogP contribution >= 0.6 is 0 Å². The highest BCUT2D eigenvalue weighted by atomic mass is 32.2. The Morgan fingerprint density at radius 1 is 1.57 bits per heavy atom. The third-order valence-electron chi connectivity index (χ3n) is 1.46. The number of aliphatic hydroxyl groups excluding tert-OH is 1. The lowest BCUT2D eigenvalue weighted by atomic mass is 10.2. The number of nitrogens with zero attached hydrogens (tertiary/aromatic N) is 1. The maximum Gasteiger partial charge on any atom is 0.204 e. The van der Waals surface area contributed by atoms with E-state index in [2.05, 4.69) is 4.98 Å². The molecule has 0 spiro atoms. The summed E-state index contributed by atoms with van der Waals surface area (Å²) >= 11 is 0. The molecule has 6 heteroatoms. The smallest absolute Gasteiger partial charge is 0.204 e. The van der Waals surface area contributed by atoms with Gasteiger partial charge in [-0.1, -0.05) is 6.07 Å². The Labute approximate surface area is 82.4 Å². The highest BCUT2D eigenvalue weighted by molar-refractivity contribution is 7.71. The Morgan fingerprint density at radius 3 is 2.86 bits per heavy atom. The number of thiol groups is 1. The topological polar surface area (TPSA) is 67.3 Å². The fourth-order valence-corrected chi connectivity index (χ4v) is 1.46. The van der Waals surface area contributed by atoms with Crippen molar-refractivity contribution >= 4 is 10.7 Å². The summed E-state index contributed by atoms with van der Waals surface area (Å²) in [6.07, 6.45) is 1.60. The molecule has 1 unspecified atom stereocenters. The van der Waals surface area contributed by atoms with E-state index in [0.29, 0.717) is 11.1 Å². The predicted octanol–water partition coefficient (Wildman–Crippen LogP) is 0.0333.